The van der Waals surface area contributed by atoms with Gasteiger partial charge in [0, 0.05) is 24.4 Å². The predicted octanol–water partition coefficient (Wildman–Crippen LogP) is 2.57. The van der Waals surface area contributed by atoms with Crippen LogP contribution in [0.1, 0.15) is 29.7 Å². The van der Waals surface area contributed by atoms with Gasteiger partial charge in [0.25, 0.3) is 0 Å². The molecule has 18 heavy (non-hydrogen) atoms. The third kappa shape index (κ3) is 2.43. The van der Waals surface area contributed by atoms with Crippen LogP contribution in [-0.4, -0.2) is 16.3 Å². The van der Waals surface area contributed by atoms with E-state index in [9.17, 15) is 4.39 Å². The van der Waals surface area contributed by atoms with E-state index in [0.29, 0.717) is 11.1 Å². The van der Waals surface area contributed by atoms with Crippen molar-refractivity contribution in [2.75, 3.05) is 6.54 Å². The third-order valence-electron chi connectivity index (χ3n) is 3.00. The molecule has 0 aliphatic heterocycles. The summed E-state index contributed by atoms with van der Waals surface area (Å²) in [4.78, 5) is 0. The zero-order chi connectivity index (χ0) is 13.1. The Balaban J connectivity index is 2.44. The molecule has 1 aromatic heterocycles. The fourth-order valence-corrected chi connectivity index (χ4v) is 2.09. The largest absolute Gasteiger partial charge is 0.306 e. The van der Waals surface area contributed by atoms with Gasteiger partial charge in [0.05, 0.1) is 12.2 Å². The van der Waals surface area contributed by atoms with Crippen LogP contribution < -0.4 is 5.32 Å². The van der Waals surface area contributed by atoms with E-state index in [-0.39, 0.29) is 11.9 Å². The maximum Gasteiger partial charge on any atom is 0.131 e. The van der Waals surface area contributed by atoms with Crippen LogP contribution in [0, 0.1) is 12.7 Å². The molecule has 1 heterocycles. The Labute approximate surface area is 107 Å². The second kappa shape index (κ2) is 5.31. The van der Waals surface area contributed by atoms with Crippen LogP contribution in [0.5, 0.6) is 0 Å². The number of nitrogens with one attached hydrogen (secondary N) is 1. The minimum Gasteiger partial charge on any atom is -0.306 e. The molecule has 2 rings (SSSR count). The van der Waals surface area contributed by atoms with Crippen molar-refractivity contribution in [1.29, 1.82) is 0 Å². The fourth-order valence-electron chi connectivity index (χ4n) is 2.09. The van der Waals surface area contributed by atoms with Gasteiger partial charge in [-0.05, 0) is 19.0 Å². The minimum atomic E-state index is -0.149. The average molecular weight is 247 g/mol. The molecular formula is C14H18FN3. The molecule has 96 valence electrons. The van der Waals surface area contributed by atoms with E-state index in [4.69, 9.17) is 0 Å². The van der Waals surface area contributed by atoms with Gasteiger partial charge in [0.15, 0.2) is 0 Å². The van der Waals surface area contributed by atoms with Gasteiger partial charge in [0.2, 0.25) is 0 Å². The summed E-state index contributed by atoms with van der Waals surface area (Å²) in [5.74, 6) is -0.146. The summed E-state index contributed by atoms with van der Waals surface area (Å²) in [6, 6.07) is 5.34. The van der Waals surface area contributed by atoms with Crippen LogP contribution in [0.15, 0.2) is 30.6 Å². The zero-order valence-electron chi connectivity index (χ0n) is 10.9. The Morgan fingerprint density at radius 1 is 1.44 bits per heavy atom. The van der Waals surface area contributed by atoms with Crippen molar-refractivity contribution >= 4 is 0 Å². The summed E-state index contributed by atoms with van der Waals surface area (Å²) in [6.07, 6.45) is 3.68. The Hall–Kier alpha value is -1.68. The van der Waals surface area contributed by atoms with Crippen molar-refractivity contribution in [2.45, 2.75) is 19.9 Å². The second-order valence-corrected chi connectivity index (χ2v) is 4.42. The molecule has 0 spiro atoms. The van der Waals surface area contributed by atoms with Crippen molar-refractivity contribution in [2.24, 2.45) is 7.05 Å². The highest BCUT2D eigenvalue weighted by molar-refractivity contribution is 5.33. The van der Waals surface area contributed by atoms with Crippen molar-refractivity contribution in [1.82, 2.24) is 15.1 Å². The van der Waals surface area contributed by atoms with E-state index in [0.717, 1.165) is 12.1 Å². The third-order valence-corrected chi connectivity index (χ3v) is 3.00. The SMILES string of the molecule is CCNC(c1cnn(C)c1)c1cccc(C)c1F. The first-order valence-corrected chi connectivity index (χ1v) is 6.10. The fraction of sp³-hybridized carbons (Fsp3) is 0.357. The molecule has 1 aromatic carbocycles. The highest BCUT2D eigenvalue weighted by atomic mass is 19.1. The molecule has 1 unspecified atom stereocenters. The number of hydrogen-bond acceptors (Lipinski definition) is 2. The highest BCUT2D eigenvalue weighted by Gasteiger charge is 2.19. The maximum absolute atomic E-state index is 14.2. The topological polar surface area (TPSA) is 29.9 Å². The summed E-state index contributed by atoms with van der Waals surface area (Å²) in [6.45, 7) is 4.56. The first-order valence-electron chi connectivity index (χ1n) is 6.10. The molecule has 1 atom stereocenters. The van der Waals surface area contributed by atoms with E-state index < -0.39 is 0 Å². The summed E-state index contributed by atoms with van der Waals surface area (Å²) >= 11 is 0. The van der Waals surface area contributed by atoms with Crippen LogP contribution in [0.3, 0.4) is 0 Å². The lowest BCUT2D eigenvalue weighted by Gasteiger charge is -2.18. The lowest BCUT2D eigenvalue weighted by atomic mass is 9.99. The van der Waals surface area contributed by atoms with Gasteiger partial charge in [-0.25, -0.2) is 4.39 Å². The van der Waals surface area contributed by atoms with Gasteiger partial charge in [-0.2, -0.15) is 5.10 Å². The number of halogens is 1. The molecule has 0 saturated heterocycles. The smallest absolute Gasteiger partial charge is 0.131 e. The van der Waals surface area contributed by atoms with Crippen molar-refractivity contribution in [3.05, 3.63) is 53.1 Å². The van der Waals surface area contributed by atoms with E-state index >= 15 is 0 Å². The number of benzene rings is 1. The van der Waals surface area contributed by atoms with Gasteiger partial charge < -0.3 is 5.32 Å². The molecule has 0 saturated carbocycles. The quantitative estimate of drug-likeness (QED) is 0.900. The number of hydrogen-bond donors (Lipinski definition) is 1. The summed E-state index contributed by atoms with van der Waals surface area (Å²) in [5, 5.41) is 7.45. The van der Waals surface area contributed by atoms with Crippen LogP contribution in [-0.2, 0) is 7.05 Å². The van der Waals surface area contributed by atoms with E-state index in [2.05, 4.69) is 10.4 Å². The molecule has 0 aliphatic rings. The molecule has 0 amide bonds. The lowest BCUT2D eigenvalue weighted by Crippen LogP contribution is -2.23. The molecule has 0 aliphatic carbocycles. The van der Waals surface area contributed by atoms with E-state index in [1.54, 1.807) is 23.9 Å². The number of rotatable bonds is 4. The van der Waals surface area contributed by atoms with E-state index in [1.165, 1.54) is 0 Å². The highest BCUT2D eigenvalue weighted by Crippen LogP contribution is 2.25. The van der Waals surface area contributed by atoms with Crippen LogP contribution in [0.25, 0.3) is 0 Å². The standard InChI is InChI=1S/C14H18FN3/c1-4-16-14(11-8-17-18(3)9-11)12-7-5-6-10(2)13(12)15/h5-9,14,16H,4H2,1-3H3. The lowest BCUT2D eigenvalue weighted by molar-refractivity contribution is 0.553. The predicted molar refractivity (Wildman–Crippen MR) is 69.9 cm³/mol. The van der Waals surface area contributed by atoms with Crippen LogP contribution in [0.4, 0.5) is 4.39 Å². The zero-order valence-corrected chi connectivity index (χ0v) is 10.9. The summed E-state index contributed by atoms with van der Waals surface area (Å²) < 4.78 is 15.9. The van der Waals surface area contributed by atoms with Crippen LogP contribution in [0.2, 0.25) is 0 Å². The minimum absolute atomic E-state index is 0.146. The van der Waals surface area contributed by atoms with Gasteiger partial charge in [0.1, 0.15) is 5.82 Å². The number of nitrogens with zero attached hydrogens (tertiary/aromatic N) is 2. The van der Waals surface area contributed by atoms with Gasteiger partial charge in [-0.15, -0.1) is 0 Å². The monoisotopic (exact) mass is 247 g/mol. The molecule has 2 aromatic rings. The summed E-state index contributed by atoms with van der Waals surface area (Å²) in [7, 11) is 1.86. The average Bonchev–Trinajstić information content (AvgIpc) is 2.77. The molecule has 0 fully saturated rings. The molecule has 0 bridgehead atoms. The van der Waals surface area contributed by atoms with Crippen molar-refractivity contribution in [3.8, 4) is 0 Å². The summed E-state index contributed by atoms with van der Waals surface area (Å²) in [5.41, 5.74) is 2.31. The Morgan fingerprint density at radius 3 is 2.83 bits per heavy atom. The molecular weight excluding hydrogens is 229 g/mol. The van der Waals surface area contributed by atoms with Gasteiger partial charge in [-0.1, -0.05) is 25.1 Å². The molecule has 4 heteroatoms. The van der Waals surface area contributed by atoms with Crippen molar-refractivity contribution < 1.29 is 4.39 Å². The molecule has 3 nitrogen and oxygen atoms in total. The van der Waals surface area contributed by atoms with Gasteiger partial charge in [-0.3, -0.25) is 4.68 Å². The molecule has 0 radical (unpaired) electrons. The normalized spacial score (nSPS) is 12.7. The Morgan fingerprint density at radius 2 is 2.22 bits per heavy atom. The van der Waals surface area contributed by atoms with Crippen LogP contribution >= 0.6 is 0 Å². The first kappa shape index (κ1) is 12.8. The second-order valence-electron chi connectivity index (χ2n) is 4.42. The van der Waals surface area contributed by atoms with Gasteiger partial charge >= 0.3 is 0 Å². The van der Waals surface area contributed by atoms with E-state index in [1.807, 2.05) is 32.3 Å². The Bertz CT molecular complexity index is 534. The number of aromatic nitrogens is 2. The maximum atomic E-state index is 14.2. The molecule has 1 N–H and O–H groups in total. The first-order chi connectivity index (χ1) is 8.63. The Kier molecular flexibility index (Phi) is 3.77. The number of aryl methyl sites for hydroxylation is 2. The van der Waals surface area contributed by atoms with Crippen molar-refractivity contribution in [3.63, 3.8) is 0 Å².